The van der Waals surface area contributed by atoms with Gasteiger partial charge >= 0.3 is 6.03 Å². The van der Waals surface area contributed by atoms with E-state index in [2.05, 4.69) is 11.9 Å². The van der Waals surface area contributed by atoms with Crippen molar-refractivity contribution in [3.8, 4) is 5.75 Å². The number of urea groups is 1. The van der Waals surface area contributed by atoms with Gasteiger partial charge in [0.1, 0.15) is 12.4 Å². The number of rotatable bonds is 6. The quantitative estimate of drug-likeness (QED) is 0.794. The number of hydrogen-bond donors (Lipinski definition) is 2. The summed E-state index contributed by atoms with van der Waals surface area (Å²) < 4.78 is 5.57. The highest BCUT2D eigenvalue weighted by Gasteiger charge is 2.25. The van der Waals surface area contributed by atoms with E-state index in [9.17, 15) is 4.79 Å². The van der Waals surface area contributed by atoms with Crippen LogP contribution in [0.2, 0.25) is 0 Å². The number of ether oxygens (including phenoxy) is 1. The lowest BCUT2D eigenvalue weighted by atomic mass is 10.1. The maximum absolute atomic E-state index is 12.2. The highest BCUT2D eigenvalue weighted by Crippen LogP contribution is 2.22. The highest BCUT2D eigenvalue weighted by molar-refractivity contribution is 5.89. The van der Waals surface area contributed by atoms with Crippen LogP contribution in [0.15, 0.2) is 36.4 Å². The molecule has 1 saturated heterocycles. The van der Waals surface area contributed by atoms with Gasteiger partial charge in [0.15, 0.2) is 0 Å². The van der Waals surface area contributed by atoms with Gasteiger partial charge in [0.25, 0.3) is 0 Å². The number of carbonyl (C=O) groups excluding carboxylic acids is 1. The van der Waals surface area contributed by atoms with Crippen molar-refractivity contribution in [2.75, 3.05) is 31.6 Å². The molecule has 1 fully saturated rings. The van der Waals surface area contributed by atoms with Crippen molar-refractivity contribution in [2.24, 2.45) is 5.92 Å². The van der Waals surface area contributed by atoms with Crippen LogP contribution in [0.25, 0.3) is 0 Å². The lowest BCUT2D eigenvalue weighted by Gasteiger charge is -2.17. The molecular weight excluding hydrogens is 280 g/mol. The topological polar surface area (TPSA) is 61.8 Å². The lowest BCUT2D eigenvalue weighted by Crippen LogP contribution is -2.33. The number of hydrogen-bond acceptors (Lipinski definition) is 3. The predicted octanol–water partition coefficient (Wildman–Crippen LogP) is 2.88. The van der Waals surface area contributed by atoms with E-state index in [0.29, 0.717) is 24.8 Å². The molecule has 1 aliphatic heterocycles. The molecule has 0 aromatic heterocycles. The predicted molar refractivity (Wildman–Crippen MR) is 87.2 cm³/mol. The van der Waals surface area contributed by atoms with Gasteiger partial charge in [0.2, 0.25) is 0 Å². The second kappa shape index (κ2) is 7.84. The van der Waals surface area contributed by atoms with Crippen LogP contribution in [0.1, 0.15) is 19.8 Å². The van der Waals surface area contributed by atoms with Crippen molar-refractivity contribution in [2.45, 2.75) is 19.8 Å². The Morgan fingerprint density at radius 2 is 2.36 bits per heavy atom. The second-order valence-electron chi connectivity index (χ2n) is 5.82. The number of aliphatic hydroxyl groups is 1. The van der Waals surface area contributed by atoms with E-state index in [1.165, 1.54) is 0 Å². The number of benzene rings is 1. The fourth-order valence-corrected chi connectivity index (χ4v) is 2.51. The maximum Gasteiger partial charge on any atom is 0.321 e. The number of nitrogens with one attached hydrogen (secondary N) is 1. The van der Waals surface area contributed by atoms with Crippen molar-refractivity contribution in [1.29, 1.82) is 0 Å². The maximum atomic E-state index is 12.2. The Morgan fingerprint density at radius 3 is 3.09 bits per heavy atom. The smallest absolute Gasteiger partial charge is 0.321 e. The van der Waals surface area contributed by atoms with Gasteiger partial charge in [-0.2, -0.15) is 0 Å². The zero-order valence-electron chi connectivity index (χ0n) is 13.0. The summed E-state index contributed by atoms with van der Waals surface area (Å²) in [7, 11) is 0. The molecule has 1 heterocycles. The molecule has 1 aliphatic rings. The summed E-state index contributed by atoms with van der Waals surface area (Å²) >= 11 is 0. The molecule has 5 nitrogen and oxygen atoms in total. The Kier molecular flexibility index (Phi) is 5.83. The first-order chi connectivity index (χ1) is 10.6. The zero-order chi connectivity index (χ0) is 15.9. The van der Waals surface area contributed by atoms with Gasteiger partial charge in [0.05, 0.1) is 0 Å². The van der Waals surface area contributed by atoms with E-state index in [-0.39, 0.29) is 12.6 Å². The van der Waals surface area contributed by atoms with Crippen LogP contribution in [-0.4, -0.2) is 42.3 Å². The molecule has 2 rings (SSSR count). The highest BCUT2D eigenvalue weighted by atomic mass is 16.5. The third-order valence-corrected chi connectivity index (χ3v) is 3.68. The summed E-state index contributed by atoms with van der Waals surface area (Å²) in [6.45, 7) is 7.79. The van der Waals surface area contributed by atoms with Crippen LogP contribution in [-0.2, 0) is 0 Å². The Bertz CT molecular complexity index is 530. The van der Waals surface area contributed by atoms with Crippen molar-refractivity contribution in [3.05, 3.63) is 36.4 Å². The number of anilines is 1. The molecule has 1 atom stereocenters. The molecule has 2 N–H and O–H groups in total. The summed E-state index contributed by atoms with van der Waals surface area (Å²) in [4.78, 5) is 14.0. The first kappa shape index (κ1) is 16.4. The number of nitrogens with zero attached hydrogens (tertiary/aromatic N) is 1. The van der Waals surface area contributed by atoms with Gasteiger partial charge in [-0.1, -0.05) is 12.6 Å². The van der Waals surface area contributed by atoms with Gasteiger partial charge in [-0.25, -0.2) is 4.79 Å². The molecule has 0 saturated carbocycles. The Labute approximate surface area is 131 Å². The molecule has 1 aromatic carbocycles. The molecular formula is C17H24N2O3. The van der Waals surface area contributed by atoms with Crippen molar-refractivity contribution < 1.29 is 14.6 Å². The Balaban J connectivity index is 1.89. The first-order valence-electron chi connectivity index (χ1n) is 7.62. The van der Waals surface area contributed by atoms with Crippen LogP contribution in [0.4, 0.5) is 10.5 Å². The molecule has 0 aliphatic carbocycles. The lowest BCUT2D eigenvalue weighted by molar-refractivity contribution is 0.217. The van der Waals surface area contributed by atoms with Crippen molar-refractivity contribution in [1.82, 2.24) is 4.90 Å². The minimum absolute atomic E-state index is 0.0995. The minimum atomic E-state index is -0.0995. The third kappa shape index (κ3) is 4.77. The molecule has 120 valence electrons. The molecule has 0 unspecified atom stereocenters. The largest absolute Gasteiger partial charge is 0.489 e. The zero-order valence-corrected chi connectivity index (χ0v) is 13.0. The molecule has 0 radical (unpaired) electrons. The van der Waals surface area contributed by atoms with Crippen molar-refractivity contribution >= 4 is 11.7 Å². The summed E-state index contributed by atoms with van der Waals surface area (Å²) in [5.74, 6) is 1.11. The van der Waals surface area contributed by atoms with Crippen LogP contribution in [0, 0.1) is 5.92 Å². The van der Waals surface area contributed by atoms with E-state index >= 15 is 0 Å². The normalized spacial score (nSPS) is 17.4. The van der Waals surface area contributed by atoms with Crippen LogP contribution >= 0.6 is 0 Å². The third-order valence-electron chi connectivity index (χ3n) is 3.68. The average molecular weight is 304 g/mol. The molecule has 5 heteroatoms. The number of amides is 2. The Morgan fingerprint density at radius 1 is 1.55 bits per heavy atom. The molecule has 1 aromatic rings. The molecule has 0 bridgehead atoms. The molecule has 2 amide bonds. The van der Waals surface area contributed by atoms with Gasteiger partial charge in [-0.3, -0.25) is 0 Å². The molecule has 22 heavy (non-hydrogen) atoms. The monoisotopic (exact) mass is 304 g/mol. The van der Waals surface area contributed by atoms with E-state index in [1.807, 2.05) is 31.2 Å². The van der Waals surface area contributed by atoms with Crippen molar-refractivity contribution in [3.63, 3.8) is 0 Å². The summed E-state index contributed by atoms with van der Waals surface area (Å²) in [5, 5.41) is 11.9. The minimum Gasteiger partial charge on any atom is -0.489 e. The SMILES string of the molecule is C=C(C)COc1cccc(NC(=O)N2CC[C@@H](CCO)C2)c1. The van der Waals surface area contributed by atoms with Crippen LogP contribution in [0.5, 0.6) is 5.75 Å². The van der Waals surface area contributed by atoms with E-state index in [1.54, 1.807) is 4.90 Å². The van der Waals surface area contributed by atoms with Gasteiger partial charge < -0.3 is 20.1 Å². The van der Waals surface area contributed by atoms with Gasteiger partial charge in [0, 0.05) is 31.5 Å². The van der Waals surface area contributed by atoms with E-state index < -0.39 is 0 Å². The summed E-state index contributed by atoms with van der Waals surface area (Å²) in [5.41, 5.74) is 1.66. The summed E-state index contributed by atoms with van der Waals surface area (Å²) in [6, 6.07) is 7.25. The van der Waals surface area contributed by atoms with Gasteiger partial charge in [-0.15, -0.1) is 0 Å². The second-order valence-corrected chi connectivity index (χ2v) is 5.82. The summed E-state index contributed by atoms with van der Waals surface area (Å²) in [6.07, 6.45) is 1.71. The number of likely N-dealkylation sites (tertiary alicyclic amines) is 1. The number of carbonyl (C=O) groups is 1. The standard InChI is InChI=1S/C17H24N2O3/c1-13(2)12-22-16-5-3-4-15(10-16)18-17(21)19-8-6-14(11-19)7-9-20/h3-5,10,14,20H,1,6-9,11-12H2,2H3,(H,18,21)/t14-/m0/s1. The number of aliphatic hydroxyl groups excluding tert-OH is 1. The van der Waals surface area contributed by atoms with E-state index in [4.69, 9.17) is 9.84 Å². The average Bonchev–Trinajstić information content (AvgIpc) is 2.95. The van der Waals surface area contributed by atoms with Gasteiger partial charge in [-0.05, 0) is 43.4 Å². The molecule has 0 spiro atoms. The van der Waals surface area contributed by atoms with Crippen LogP contribution in [0.3, 0.4) is 0 Å². The first-order valence-corrected chi connectivity index (χ1v) is 7.62. The fraction of sp³-hybridized carbons (Fsp3) is 0.471. The van der Waals surface area contributed by atoms with E-state index in [0.717, 1.165) is 30.6 Å². The Hall–Kier alpha value is -2.01. The fourth-order valence-electron chi connectivity index (χ4n) is 2.51. The van der Waals surface area contributed by atoms with Crippen LogP contribution < -0.4 is 10.1 Å².